The molecule has 1 aromatic carbocycles. The van der Waals surface area contributed by atoms with Gasteiger partial charge >= 0.3 is 0 Å². The van der Waals surface area contributed by atoms with Crippen molar-refractivity contribution in [2.24, 2.45) is 0 Å². The predicted octanol–water partition coefficient (Wildman–Crippen LogP) is 4.04. The van der Waals surface area contributed by atoms with Gasteiger partial charge in [-0.15, -0.1) is 0 Å². The fraction of sp³-hybridized carbons (Fsp3) is 0.409. The number of carbonyl (C=O) groups excluding carboxylic acids is 1. The first-order valence-electron chi connectivity index (χ1n) is 9.68. The summed E-state index contributed by atoms with van der Waals surface area (Å²) in [5.41, 5.74) is 3.64. The zero-order valence-corrected chi connectivity index (χ0v) is 17.1. The van der Waals surface area contributed by atoms with E-state index in [9.17, 15) is 9.59 Å². The third kappa shape index (κ3) is 4.01. The van der Waals surface area contributed by atoms with Crippen LogP contribution in [0.4, 0.5) is 0 Å². The molecule has 3 rings (SSSR count). The minimum absolute atomic E-state index is 0.0698. The highest BCUT2D eigenvalue weighted by Gasteiger charge is 2.22. The van der Waals surface area contributed by atoms with Gasteiger partial charge in [-0.2, -0.15) is 0 Å². The highest BCUT2D eigenvalue weighted by atomic mass is 16.5. The Bertz CT molecular complexity index is 1060. The lowest BCUT2D eigenvalue weighted by Gasteiger charge is -2.09. The standard InChI is InChI=1S/C22H27N3O3/c1-12(2)15-6-7-18-17(10-15)11-16(21(26)24-18)8-9-23-22(27)19-14(5)25-28-20(19)13(3)4/h6-7,10-13H,8-9H2,1-5H3,(H,23,27)(H,24,26). The maximum Gasteiger partial charge on any atom is 0.256 e. The molecular formula is C22H27N3O3. The van der Waals surface area contributed by atoms with Gasteiger partial charge < -0.3 is 14.8 Å². The topological polar surface area (TPSA) is 88.0 Å². The van der Waals surface area contributed by atoms with Crippen molar-refractivity contribution in [2.45, 2.75) is 52.9 Å². The van der Waals surface area contributed by atoms with Crippen LogP contribution >= 0.6 is 0 Å². The van der Waals surface area contributed by atoms with Crippen LogP contribution in [-0.4, -0.2) is 22.6 Å². The minimum atomic E-state index is -0.221. The molecule has 0 radical (unpaired) electrons. The SMILES string of the molecule is Cc1noc(C(C)C)c1C(=O)NCCc1cc2cc(C(C)C)ccc2[nH]c1=O. The summed E-state index contributed by atoms with van der Waals surface area (Å²) >= 11 is 0. The molecule has 0 aliphatic carbocycles. The number of aromatic nitrogens is 2. The van der Waals surface area contributed by atoms with Crippen LogP contribution in [0.2, 0.25) is 0 Å². The maximum absolute atomic E-state index is 12.6. The summed E-state index contributed by atoms with van der Waals surface area (Å²) in [5.74, 6) is 0.850. The quantitative estimate of drug-likeness (QED) is 0.674. The van der Waals surface area contributed by atoms with E-state index in [1.165, 1.54) is 5.56 Å². The molecule has 0 spiro atoms. The van der Waals surface area contributed by atoms with Crippen molar-refractivity contribution in [3.63, 3.8) is 0 Å². The van der Waals surface area contributed by atoms with E-state index in [2.05, 4.69) is 35.4 Å². The van der Waals surface area contributed by atoms with Crippen LogP contribution in [0, 0.1) is 6.92 Å². The lowest BCUT2D eigenvalue weighted by molar-refractivity contribution is 0.0951. The third-order valence-corrected chi connectivity index (χ3v) is 4.93. The number of pyridine rings is 1. The van der Waals surface area contributed by atoms with Crippen molar-refractivity contribution in [1.29, 1.82) is 0 Å². The molecule has 1 amide bonds. The lowest BCUT2D eigenvalue weighted by atomic mass is 10.00. The molecule has 2 aromatic heterocycles. The van der Waals surface area contributed by atoms with Crippen molar-refractivity contribution in [2.75, 3.05) is 6.54 Å². The summed E-state index contributed by atoms with van der Waals surface area (Å²) in [6, 6.07) is 8.00. The first kappa shape index (κ1) is 19.9. The monoisotopic (exact) mass is 381 g/mol. The number of aromatic amines is 1. The van der Waals surface area contributed by atoms with Crippen LogP contribution in [0.15, 0.2) is 33.6 Å². The summed E-state index contributed by atoms with van der Waals surface area (Å²) in [4.78, 5) is 27.9. The van der Waals surface area contributed by atoms with Crippen molar-refractivity contribution >= 4 is 16.8 Å². The molecule has 3 aromatic rings. The van der Waals surface area contributed by atoms with E-state index in [0.717, 1.165) is 10.9 Å². The first-order chi connectivity index (χ1) is 13.3. The molecule has 0 unspecified atom stereocenters. The number of rotatable bonds is 6. The van der Waals surface area contributed by atoms with Crippen LogP contribution in [0.25, 0.3) is 10.9 Å². The number of hydrogen-bond acceptors (Lipinski definition) is 4. The molecule has 148 valence electrons. The highest BCUT2D eigenvalue weighted by Crippen LogP contribution is 2.22. The van der Waals surface area contributed by atoms with Crippen LogP contribution in [0.3, 0.4) is 0 Å². The number of nitrogens with one attached hydrogen (secondary N) is 2. The Morgan fingerprint density at radius 1 is 1.18 bits per heavy atom. The molecular weight excluding hydrogens is 354 g/mol. The number of benzene rings is 1. The Balaban J connectivity index is 1.75. The van der Waals surface area contributed by atoms with Gasteiger partial charge in [0, 0.05) is 23.5 Å². The van der Waals surface area contributed by atoms with Crippen molar-refractivity contribution < 1.29 is 9.32 Å². The van der Waals surface area contributed by atoms with Gasteiger partial charge in [0.2, 0.25) is 0 Å². The van der Waals surface area contributed by atoms with E-state index >= 15 is 0 Å². The van der Waals surface area contributed by atoms with Gasteiger partial charge in [0.15, 0.2) is 5.76 Å². The van der Waals surface area contributed by atoms with Gasteiger partial charge in [-0.1, -0.05) is 38.9 Å². The van der Waals surface area contributed by atoms with E-state index in [-0.39, 0.29) is 17.4 Å². The summed E-state index contributed by atoms with van der Waals surface area (Å²) in [6.45, 7) is 10.3. The minimum Gasteiger partial charge on any atom is -0.360 e. The Labute approximate surface area is 164 Å². The van der Waals surface area contributed by atoms with Gasteiger partial charge in [-0.3, -0.25) is 9.59 Å². The second-order valence-electron chi connectivity index (χ2n) is 7.79. The number of nitrogens with zero attached hydrogens (tertiary/aromatic N) is 1. The normalized spacial score (nSPS) is 11.5. The number of hydrogen-bond donors (Lipinski definition) is 2. The zero-order valence-electron chi connectivity index (χ0n) is 17.1. The van der Waals surface area contributed by atoms with Crippen molar-refractivity contribution in [3.8, 4) is 0 Å². The largest absolute Gasteiger partial charge is 0.360 e. The Hall–Kier alpha value is -2.89. The second kappa shape index (κ2) is 8.00. The molecule has 0 saturated heterocycles. The Kier molecular flexibility index (Phi) is 5.68. The summed E-state index contributed by atoms with van der Waals surface area (Å²) < 4.78 is 5.27. The summed E-state index contributed by atoms with van der Waals surface area (Å²) in [6.07, 6.45) is 0.449. The number of amides is 1. The van der Waals surface area contributed by atoms with Crippen LogP contribution < -0.4 is 10.9 Å². The summed E-state index contributed by atoms with van der Waals surface area (Å²) in [5, 5.41) is 7.79. The van der Waals surface area contributed by atoms with E-state index in [4.69, 9.17) is 4.52 Å². The zero-order chi connectivity index (χ0) is 20.4. The van der Waals surface area contributed by atoms with Crippen LogP contribution in [-0.2, 0) is 6.42 Å². The number of H-pyrrole nitrogens is 1. The average molecular weight is 381 g/mol. The predicted molar refractivity (Wildman–Crippen MR) is 110 cm³/mol. The smallest absolute Gasteiger partial charge is 0.256 e. The lowest BCUT2D eigenvalue weighted by Crippen LogP contribution is -2.28. The second-order valence-corrected chi connectivity index (χ2v) is 7.79. The van der Waals surface area contributed by atoms with Gasteiger partial charge in [-0.05, 0) is 48.4 Å². The Morgan fingerprint density at radius 2 is 1.93 bits per heavy atom. The number of aryl methyl sites for hydroxylation is 1. The molecule has 2 heterocycles. The Morgan fingerprint density at radius 3 is 2.61 bits per heavy atom. The van der Waals surface area contributed by atoms with E-state index in [1.54, 1.807) is 6.92 Å². The molecule has 6 nitrogen and oxygen atoms in total. The number of fused-ring (bicyclic) bond motifs is 1. The molecule has 0 atom stereocenters. The first-order valence-corrected chi connectivity index (χ1v) is 9.68. The summed E-state index contributed by atoms with van der Waals surface area (Å²) in [7, 11) is 0. The highest BCUT2D eigenvalue weighted by molar-refractivity contribution is 5.96. The fourth-order valence-electron chi connectivity index (χ4n) is 3.27. The van der Waals surface area contributed by atoms with E-state index < -0.39 is 0 Å². The van der Waals surface area contributed by atoms with Crippen LogP contribution in [0.5, 0.6) is 0 Å². The van der Waals surface area contributed by atoms with E-state index in [1.807, 2.05) is 32.0 Å². The molecule has 2 N–H and O–H groups in total. The molecule has 0 aliphatic heterocycles. The van der Waals surface area contributed by atoms with Gasteiger partial charge in [0.05, 0.1) is 5.69 Å². The van der Waals surface area contributed by atoms with E-state index in [0.29, 0.717) is 41.5 Å². The van der Waals surface area contributed by atoms with Crippen LogP contribution in [0.1, 0.15) is 72.5 Å². The fourth-order valence-corrected chi connectivity index (χ4v) is 3.27. The molecule has 0 fully saturated rings. The number of carbonyl (C=O) groups is 1. The molecule has 28 heavy (non-hydrogen) atoms. The molecule has 0 aliphatic rings. The maximum atomic E-state index is 12.6. The van der Waals surface area contributed by atoms with Gasteiger partial charge in [0.1, 0.15) is 5.56 Å². The molecule has 0 saturated carbocycles. The van der Waals surface area contributed by atoms with Crippen molar-refractivity contribution in [3.05, 3.63) is 62.8 Å². The molecule has 0 bridgehead atoms. The van der Waals surface area contributed by atoms with Gasteiger partial charge in [0.25, 0.3) is 11.5 Å². The average Bonchev–Trinajstić information content (AvgIpc) is 3.03. The molecule has 6 heteroatoms. The van der Waals surface area contributed by atoms with Gasteiger partial charge in [-0.25, -0.2) is 0 Å². The third-order valence-electron chi connectivity index (χ3n) is 4.93. The van der Waals surface area contributed by atoms with Crippen molar-refractivity contribution in [1.82, 2.24) is 15.5 Å².